The fourth-order valence-electron chi connectivity index (χ4n) is 2.95. The van der Waals surface area contributed by atoms with Crippen molar-refractivity contribution < 1.29 is 23.8 Å². The van der Waals surface area contributed by atoms with Crippen molar-refractivity contribution in [2.75, 3.05) is 43.1 Å². The zero-order valence-corrected chi connectivity index (χ0v) is 16.7. The number of carbonyl (C=O) groups is 2. The molecule has 7 nitrogen and oxygen atoms in total. The molecule has 0 radical (unpaired) electrons. The van der Waals surface area contributed by atoms with Gasteiger partial charge < -0.3 is 24.4 Å². The number of nitrogens with one attached hydrogen (secondary N) is 1. The molecular formula is C22H26N2O5. The van der Waals surface area contributed by atoms with E-state index in [0.29, 0.717) is 11.4 Å². The van der Waals surface area contributed by atoms with Gasteiger partial charge in [0.25, 0.3) is 5.91 Å². The maximum atomic E-state index is 12.3. The van der Waals surface area contributed by atoms with E-state index in [1.165, 1.54) is 6.92 Å². The molecule has 1 fully saturated rings. The van der Waals surface area contributed by atoms with Crippen molar-refractivity contribution in [1.29, 1.82) is 0 Å². The summed E-state index contributed by atoms with van der Waals surface area (Å²) in [5.41, 5.74) is 2.76. The molecule has 29 heavy (non-hydrogen) atoms. The van der Waals surface area contributed by atoms with E-state index >= 15 is 0 Å². The first kappa shape index (κ1) is 20.7. The van der Waals surface area contributed by atoms with Gasteiger partial charge in [0.05, 0.1) is 13.2 Å². The smallest absolute Gasteiger partial charge is 0.344 e. The summed E-state index contributed by atoms with van der Waals surface area (Å²) in [5.74, 6) is -0.413. The monoisotopic (exact) mass is 398 g/mol. The Morgan fingerprint density at radius 1 is 1.14 bits per heavy atom. The lowest BCUT2D eigenvalue weighted by molar-refractivity contribution is -0.155. The second kappa shape index (κ2) is 9.93. The highest BCUT2D eigenvalue weighted by Gasteiger charge is 2.19. The predicted molar refractivity (Wildman–Crippen MR) is 110 cm³/mol. The van der Waals surface area contributed by atoms with Crippen molar-refractivity contribution >= 4 is 23.3 Å². The minimum absolute atomic E-state index is 0.255. The van der Waals surface area contributed by atoms with Crippen molar-refractivity contribution in [2.45, 2.75) is 20.0 Å². The fourth-order valence-corrected chi connectivity index (χ4v) is 2.95. The van der Waals surface area contributed by atoms with Crippen molar-refractivity contribution in [1.82, 2.24) is 0 Å². The van der Waals surface area contributed by atoms with Gasteiger partial charge in [-0.3, -0.25) is 4.79 Å². The van der Waals surface area contributed by atoms with Gasteiger partial charge in [0.2, 0.25) is 0 Å². The van der Waals surface area contributed by atoms with Gasteiger partial charge in [-0.05, 0) is 55.8 Å². The summed E-state index contributed by atoms with van der Waals surface area (Å²) in [5, 5.41) is 2.76. The van der Waals surface area contributed by atoms with E-state index < -0.39 is 18.0 Å². The van der Waals surface area contributed by atoms with Gasteiger partial charge in [-0.1, -0.05) is 12.1 Å². The lowest BCUT2D eigenvalue weighted by Gasteiger charge is -2.28. The average molecular weight is 398 g/mol. The number of rotatable bonds is 7. The third-order valence-electron chi connectivity index (χ3n) is 4.53. The molecule has 0 aliphatic carbocycles. The van der Waals surface area contributed by atoms with Crippen LogP contribution in [0, 0.1) is 6.92 Å². The van der Waals surface area contributed by atoms with Crippen LogP contribution in [0.4, 0.5) is 11.4 Å². The normalized spacial score (nSPS) is 14.8. The SMILES string of the molecule is Cc1cccc(OCC(=O)O[C@H](C)C(=O)Nc2ccc(N3CCOCC3)cc2)c1. The third-order valence-corrected chi connectivity index (χ3v) is 4.53. The molecule has 3 rings (SSSR count). The molecule has 2 aromatic rings. The van der Waals surface area contributed by atoms with Gasteiger partial charge in [-0.25, -0.2) is 4.79 Å². The summed E-state index contributed by atoms with van der Waals surface area (Å²) in [6.45, 7) is 6.35. The van der Waals surface area contributed by atoms with Crippen LogP contribution in [0.1, 0.15) is 12.5 Å². The molecule has 0 bridgehead atoms. The molecule has 1 saturated heterocycles. The molecule has 0 aromatic heterocycles. The first-order valence-electron chi connectivity index (χ1n) is 9.64. The molecule has 2 aromatic carbocycles. The lowest BCUT2D eigenvalue weighted by Crippen LogP contribution is -2.36. The first-order valence-corrected chi connectivity index (χ1v) is 9.64. The summed E-state index contributed by atoms with van der Waals surface area (Å²) >= 11 is 0. The number of carbonyl (C=O) groups excluding carboxylic acids is 2. The van der Waals surface area contributed by atoms with E-state index in [1.54, 1.807) is 6.07 Å². The van der Waals surface area contributed by atoms with Crippen molar-refractivity contribution in [2.24, 2.45) is 0 Å². The Kier molecular flexibility index (Phi) is 7.08. The zero-order chi connectivity index (χ0) is 20.6. The average Bonchev–Trinajstić information content (AvgIpc) is 2.73. The summed E-state index contributed by atoms with van der Waals surface area (Å²) in [6, 6.07) is 14.9. The van der Waals surface area contributed by atoms with Crippen LogP contribution in [0.2, 0.25) is 0 Å². The van der Waals surface area contributed by atoms with Crippen molar-refractivity contribution in [3.63, 3.8) is 0 Å². The highest BCUT2D eigenvalue weighted by molar-refractivity contribution is 5.95. The Morgan fingerprint density at radius 3 is 2.55 bits per heavy atom. The van der Waals surface area contributed by atoms with Gasteiger partial charge in [0.1, 0.15) is 5.75 Å². The highest BCUT2D eigenvalue weighted by Crippen LogP contribution is 2.19. The minimum Gasteiger partial charge on any atom is -0.482 e. The standard InChI is InChI=1S/C22H26N2O5/c1-16-4-3-5-20(14-16)28-15-21(25)29-17(2)22(26)23-18-6-8-19(9-7-18)24-10-12-27-13-11-24/h3-9,14,17H,10-13,15H2,1-2H3,(H,23,26)/t17-/m1/s1. The number of hydrogen-bond acceptors (Lipinski definition) is 6. The number of esters is 1. The summed E-state index contributed by atoms with van der Waals surface area (Å²) < 4.78 is 15.9. The number of amides is 1. The number of hydrogen-bond donors (Lipinski definition) is 1. The number of anilines is 2. The molecule has 1 heterocycles. The molecule has 1 N–H and O–H groups in total. The Hall–Kier alpha value is -3.06. The molecule has 0 saturated carbocycles. The van der Waals surface area contributed by atoms with Gasteiger partial charge in [0, 0.05) is 24.5 Å². The van der Waals surface area contributed by atoms with Crippen LogP contribution >= 0.6 is 0 Å². The van der Waals surface area contributed by atoms with E-state index in [0.717, 1.165) is 37.6 Å². The topological polar surface area (TPSA) is 77.1 Å². The second-order valence-corrected chi connectivity index (χ2v) is 6.87. The van der Waals surface area contributed by atoms with Crippen molar-refractivity contribution in [3.8, 4) is 5.75 Å². The van der Waals surface area contributed by atoms with E-state index in [1.807, 2.05) is 49.4 Å². The van der Waals surface area contributed by atoms with Crippen LogP contribution in [0.15, 0.2) is 48.5 Å². The number of benzene rings is 2. The number of morpholine rings is 1. The molecule has 1 aliphatic heterocycles. The van der Waals surface area contributed by atoms with Gasteiger partial charge >= 0.3 is 5.97 Å². The molecule has 0 spiro atoms. The second-order valence-electron chi connectivity index (χ2n) is 6.87. The Bertz CT molecular complexity index is 831. The van der Waals surface area contributed by atoms with E-state index in [2.05, 4.69) is 10.2 Å². The minimum atomic E-state index is -0.928. The molecule has 1 atom stereocenters. The van der Waals surface area contributed by atoms with E-state index in [9.17, 15) is 9.59 Å². The summed E-state index contributed by atoms with van der Waals surface area (Å²) in [7, 11) is 0. The van der Waals surface area contributed by atoms with Gasteiger partial charge in [0.15, 0.2) is 12.7 Å². The van der Waals surface area contributed by atoms with Crippen LogP contribution in [0.5, 0.6) is 5.75 Å². The number of nitrogens with zero attached hydrogens (tertiary/aromatic N) is 1. The van der Waals surface area contributed by atoms with Gasteiger partial charge in [-0.15, -0.1) is 0 Å². The molecule has 1 aliphatic rings. The molecular weight excluding hydrogens is 372 g/mol. The summed E-state index contributed by atoms with van der Waals surface area (Å²) in [6.07, 6.45) is -0.928. The van der Waals surface area contributed by atoms with Crippen LogP contribution in [0.25, 0.3) is 0 Å². The van der Waals surface area contributed by atoms with Crippen LogP contribution < -0.4 is 15.0 Å². The molecule has 1 amide bonds. The van der Waals surface area contributed by atoms with E-state index in [-0.39, 0.29) is 6.61 Å². The predicted octanol–water partition coefficient (Wildman–Crippen LogP) is 2.78. The first-order chi connectivity index (χ1) is 14.0. The Morgan fingerprint density at radius 2 is 1.86 bits per heavy atom. The quantitative estimate of drug-likeness (QED) is 0.723. The highest BCUT2D eigenvalue weighted by atomic mass is 16.6. The number of ether oxygens (including phenoxy) is 3. The number of aryl methyl sites for hydroxylation is 1. The maximum absolute atomic E-state index is 12.3. The van der Waals surface area contributed by atoms with E-state index in [4.69, 9.17) is 14.2 Å². The lowest BCUT2D eigenvalue weighted by atomic mass is 10.2. The van der Waals surface area contributed by atoms with Gasteiger partial charge in [-0.2, -0.15) is 0 Å². The summed E-state index contributed by atoms with van der Waals surface area (Å²) in [4.78, 5) is 26.5. The van der Waals surface area contributed by atoms with Crippen LogP contribution in [-0.4, -0.2) is 50.9 Å². The molecule has 7 heteroatoms. The largest absolute Gasteiger partial charge is 0.482 e. The van der Waals surface area contributed by atoms with Crippen LogP contribution in [-0.2, 0) is 19.1 Å². The third kappa shape index (κ3) is 6.22. The zero-order valence-electron chi connectivity index (χ0n) is 16.7. The molecule has 0 unspecified atom stereocenters. The van der Waals surface area contributed by atoms with Crippen molar-refractivity contribution in [3.05, 3.63) is 54.1 Å². The maximum Gasteiger partial charge on any atom is 0.344 e. The van der Waals surface area contributed by atoms with Crippen LogP contribution in [0.3, 0.4) is 0 Å². The fraction of sp³-hybridized carbons (Fsp3) is 0.364. The molecule has 154 valence electrons. The Balaban J connectivity index is 1.45. The Labute approximate surface area is 170 Å².